The van der Waals surface area contributed by atoms with Crippen molar-refractivity contribution in [3.63, 3.8) is 0 Å². The van der Waals surface area contributed by atoms with E-state index in [2.05, 4.69) is 16.1 Å². The zero-order valence-corrected chi connectivity index (χ0v) is 18.3. The van der Waals surface area contributed by atoms with E-state index < -0.39 is 90.9 Å². The summed E-state index contributed by atoms with van der Waals surface area (Å²) < 4.78 is 59.5. The van der Waals surface area contributed by atoms with E-state index in [9.17, 15) is 43.3 Å². The van der Waals surface area contributed by atoms with Gasteiger partial charge in [-0.05, 0) is 0 Å². The molecule has 15 nitrogen and oxygen atoms in total. The van der Waals surface area contributed by atoms with Crippen LogP contribution in [0, 0.1) is 0 Å². The molecule has 0 aliphatic carbocycles. The number of nitrogens with one attached hydrogen (secondary N) is 1. The maximum atomic E-state index is 11.7. The molecule has 192 valence electrons. The van der Waals surface area contributed by atoms with Crippen LogP contribution < -0.4 is 5.32 Å². The number of amides is 1. The molecule has 0 radical (unpaired) electrons. The molecule has 0 aromatic heterocycles. The molecule has 2 rings (SSSR count). The fourth-order valence-corrected chi connectivity index (χ4v) is 4.00. The van der Waals surface area contributed by atoms with Crippen molar-refractivity contribution in [1.29, 1.82) is 0 Å². The number of aliphatic hydroxyl groups excluding tert-OH is 5. The lowest BCUT2D eigenvalue weighted by atomic mass is 9.95. The van der Waals surface area contributed by atoms with Crippen molar-refractivity contribution in [2.24, 2.45) is 0 Å². The van der Waals surface area contributed by atoms with Gasteiger partial charge in [-0.2, -0.15) is 0 Å². The molecule has 10 atom stereocenters. The first-order valence-electron chi connectivity index (χ1n) is 9.79. The van der Waals surface area contributed by atoms with Crippen molar-refractivity contribution in [2.75, 3.05) is 19.8 Å². The Balaban J connectivity index is 2.37. The summed E-state index contributed by atoms with van der Waals surface area (Å²) in [6.45, 7) is 2.82. The van der Waals surface area contributed by atoms with Crippen LogP contribution >= 0.6 is 0 Å². The Bertz CT molecular complexity index is 765. The summed E-state index contributed by atoms with van der Waals surface area (Å²) in [6.07, 6.45) is -13.4. The first kappa shape index (κ1) is 28.0. The average molecular weight is 502 g/mol. The second-order valence-corrected chi connectivity index (χ2v) is 8.35. The molecule has 0 saturated carbocycles. The Kier molecular flexibility index (Phi) is 10.1. The van der Waals surface area contributed by atoms with Gasteiger partial charge in [0.15, 0.2) is 12.6 Å². The van der Waals surface area contributed by atoms with Crippen LogP contribution in [0.25, 0.3) is 0 Å². The Morgan fingerprint density at radius 1 is 1.06 bits per heavy atom. The number of hydrogen-bond donors (Lipinski definition) is 6. The van der Waals surface area contributed by atoms with E-state index in [1.807, 2.05) is 0 Å². The van der Waals surface area contributed by atoms with E-state index >= 15 is 0 Å². The lowest BCUT2D eigenvalue weighted by Gasteiger charge is -2.47. The van der Waals surface area contributed by atoms with Crippen LogP contribution in [0.15, 0.2) is 12.7 Å². The highest BCUT2D eigenvalue weighted by atomic mass is 32.3. The van der Waals surface area contributed by atoms with Crippen LogP contribution in [0.1, 0.15) is 6.92 Å². The monoisotopic (exact) mass is 502 g/mol. The molecule has 16 heteroatoms. The molecule has 0 unspecified atom stereocenters. The second kappa shape index (κ2) is 11.9. The molecule has 0 aromatic carbocycles. The summed E-state index contributed by atoms with van der Waals surface area (Å²) in [4.78, 5) is 11.7. The van der Waals surface area contributed by atoms with Gasteiger partial charge in [-0.15, -0.1) is 6.58 Å². The molecule has 2 aliphatic heterocycles. The molecular formula is C17H28NO14S-. The highest BCUT2D eigenvalue weighted by Crippen LogP contribution is 2.31. The molecule has 0 aromatic rings. The van der Waals surface area contributed by atoms with Crippen molar-refractivity contribution >= 4 is 16.3 Å². The Morgan fingerprint density at radius 2 is 1.61 bits per heavy atom. The number of carbonyl (C=O) groups is 1. The Hall–Kier alpha value is -1.28. The summed E-state index contributed by atoms with van der Waals surface area (Å²) >= 11 is 0. The van der Waals surface area contributed by atoms with Gasteiger partial charge in [-0.3, -0.25) is 8.98 Å². The average Bonchev–Trinajstić information content (AvgIpc) is 2.73. The molecular weight excluding hydrogens is 474 g/mol. The Labute approximate surface area is 189 Å². The molecule has 2 heterocycles. The summed E-state index contributed by atoms with van der Waals surface area (Å²) in [5.41, 5.74) is 0. The van der Waals surface area contributed by atoms with Gasteiger partial charge >= 0.3 is 0 Å². The van der Waals surface area contributed by atoms with Crippen molar-refractivity contribution < 1.29 is 66.4 Å². The van der Waals surface area contributed by atoms with Gasteiger partial charge in [0.1, 0.15) is 48.8 Å². The van der Waals surface area contributed by atoms with Crippen LogP contribution in [-0.2, 0) is 38.3 Å². The molecule has 0 spiro atoms. The number of rotatable bonds is 10. The third kappa shape index (κ3) is 7.10. The van der Waals surface area contributed by atoms with Gasteiger partial charge in [0.05, 0.1) is 19.8 Å². The number of aliphatic hydroxyl groups is 5. The minimum atomic E-state index is -5.40. The van der Waals surface area contributed by atoms with Gasteiger partial charge in [0.2, 0.25) is 16.3 Å². The van der Waals surface area contributed by atoms with E-state index in [-0.39, 0.29) is 6.61 Å². The van der Waals surface area contributed by atoms with Crippen molar-refractivity contribution in [3.05, 3.63) is 12.7 Å². The SMILES string of the molecule is C=CCO[C@@H]1O[C@@H](CO)[C@@H](O)[C@@H](O[C@@H]2O[C@H](CO)[C@@H](O)[C@H](OS(=O)(=O)[O-])[C@H]2NC(C)=O)[C@@H]1O. The van der Waals surface area contributed by atoms with E-state index in [0.29, 0.717) is 0 Å². The number of ether oxygens (including phenoxy) is 4. The quantitative estimate of drug-likeness (QED) is 0.0938. The third-order valence-electron chi connectivity index (χ3n) is 4.94. The van der Waals surface area contributed by atoms with E-state index in [4.69, 9.17) is 18.9 Å². The Morgan fingerprint density at radius 3 is 2.09 bits per heavy atom. The standard InChI is InChI=1S/C17H29NO14S/c1-3-4-28-17-13(24)15(12(23)9(6-20)30-17)31-16-10(18-7(2)21)14(32-33(25,26)27)11(22)8(5-19)29-16/h3,8-17,19-20,22-24H,1,4-6H2,2H3,(H,18,21)(H,25,26,27)/p-1/t8-,9+,10-,11-,12-,13+,14-,15-,16+,17-/m1/s1. The molecule has 2 saturated heterocycles. The number of carbonyl (C=O) groups excluding carboxylic acids is 1. The van der Waals surface area contributed by atoms with Crippen LogP contribution in [0.2, 0.25) is 0 Å². The smallest absolute Gasteiger partial charge is 0.218 e. The molecule has 0 bridgehead atoms. The highest BCUT2D eigenvalue weighted by molar-refractivity contribution is 7.80. The first-order chi connectivity index (χ1) is 15.4. The van der Waals surface area contributed by atoms with E-state index in [0.717, 1.165) is 6.92 Å². The predicted octanol–water partition coefficient (Wildman–Crippen LogP) is -4.56. The summed E-state index contributed by atoms with van der Waals surface area (Å²) in [6, 6.07) is -1.65. The lowest BCUT2D eigenvalue weighted by Crippen LogP contribution is -2.68. The van der Waals surface area contributed by atoms with E-state index in [1.165, 1.54) is 6.08 Å². The number of hydrogen-bond acceptors (Lipinski definition) is 14. The molecule has 2 fully saturated rings. The van der Waals surface area contributed by atoms with Crippen molar-refractivity contribution in [1.82, 2.24) is 5.32 Å². The highest BCUT2D eigenvalue weighted by Gasteiger charge is 2.52. The van der Waals surface area contributed by atoms with Gasteiger partial charge in [-0.1, -0.05) is 6.08 Å². The molecule has 33 heavy (non-hydrogen) atoms. The lowest BCUT2D eigenvalue weighted by molar-refractivity contribution is -0.345. The second-order valence-electron chi connectivity index (χ2n) is 7.34. The predicted molar refractivity (Wildman–Crippen MR) is 103 cm³/mol. The van der Waals surface area contributed by atoms with Gasteiger partial charge in [-0.25, -0.2) is 8.42 Å². The van der Waals surface area contributed by atoms with Gasteiger partial charge < -0.3 is 54.3 Å². The molecule has 2 aliphatic rings. The summed E-state index contributed by atoms with van der Waals surface area (Å²) in [7, 11) is -5.40. The normalized spacial score (nSPS) is 39.7. The van der Waals surface area contributed by atoms with Crippen LogP contribution in [0.4, 0.5) is 0 Å². The maximum Gasteiger partial charge on any atom is 0.218 e. The molecule has 1 amide bonds. The van der Waals surface area contributed by atoms with Crippen molar-refractivity contribution in [3.8, 4) is 0 Å². The van der Waals surface area contributed by atoms with Crippen LogP contribution in [0.3, 0.4) is 0 Å². The van der Waals surface area contributed by atoms with Crippen LogP contribution in [0.5, 0.6) is 0 Å². The van der Waals surface area contributed by atoms with Crippen LogP contribution in [-0.4, -0.2) is 126 Å². The first-order valence-corrected chi connectivity index (χ1v) is 11.1. The minimum absolute atomic E-state index is 0.0762. The fraction of sp³-hybridized carbons (Fsp3) is 0.824. The summed E-state index contributed by atoms with van der Waals surface area (Å²) in [5.74, 6) is -0.766. The van der Waals surface area contributed by atoms with Gasteiger partial charge in [0.25, 0.3) is 0 Å². The molecule has 6 N–H and O–H groups in total. The largest absolute Gasteiger partial charge is 0.726 e. The maximum absolute atomic E-state index is 11.7. The van der Waals surface area contributed by atoms with Gasteiger partial charge in [0, 0.05) is 6.92 Å². The minimum Gasteiger partial charge on any atom is -0.726 e. The topological polar surface area (TPSA) is 234 Å². The van der Waals surface area contributed by atoms with E-state index in [1.54, 1.807) is 0 Å². The third-order valence-corrected chi connectivity index (χ3v) is 5.40. The zero-order valence-electron chi connectivity index (χ0n) is 17.5. The summed E-state index contributed by atoms with van der Waals surface area (Å²) in [5, 5.41) is 52.6. The fourth-order valence-electron chi connectivity index (χ4n) is 3.49. The van der Waals surface area contributed by atoms with Crippen molar-refractivity contribution in [2.45, 2.75) is 68.3 Å². The zero-order chi connectivity index (χ0) is 24.9.